The number of ether oxygens (including phenoxy) is 1. The van der Waals surface area contributed by atoms with E-state index in [1.807, 2.05) is 30.3 Å². The van der Waals surface area contributed by atoms with Crippen LogP contribution in [0.4, 0.5) is 5.69 Å². The minimum atomic E-state index is -0.571. The summed E-state index contributed by atoms with van der Waals surface area (Å²) < 4.78 is 7.57. The van der Waals surface area contributed by atoms with Gasteiger partial charge < -0.3 is 10.1 Å². The summed E-state index contributed by atoms with van der Waals surface area (Å²) >= 11 is 0. The Kier molecular flexibility index (Phi) is 6.12. The average molecular weight is 430 g/mol. The van der Waals surface area contributed by atoms with E-state index in [2.05, 4.69) is 10.3 Å². The fourth-order valence-corrected chi connectivity index (χ4v) is 3.52. The van der Waals surface area contributed by atoms with Crippen molar-refractivity contribution in [2.75, 3.05) is 12.4 Å². The van der Waals surface area contributed by atoms with Crippen molar-refractivity contribution in [2.24, 2.45) is 0 Å². The van der Waals surface area contributed by atoms with Gasteiger partial charge in [-0.3, -0.25) is 18.7 Å². The van der Waals surface area contributed by atoms with E-state index in [0.717, 1.165) is 10.1 Å². The molecule has 2 aromatic heterocycles. The highest BCUT2D eigenvalue weighted by atomic mass is 16.5. The Morgan fingerprint density at radius 3 is 2.59 bits per heavy atom. The molecular weight excluding hydrogens is 408 g/mol. The van der Waals surface area contributed by atoms with Crippen LogP contribution in [0.2, 0.25) is 0 Å². The molecule has 2 aromatic carbocycles. The maximum Gasteiger partial charge on any atom is 0.333 e. The summed E-state index contributed by atoms with van der Waals surface area (Å²) in [7, 11) is 1.54. The molecule has 8 nitrogen and oxygen atoms in total. The zero-order chi connectivity index (χ0) is 22.5. The first-order valence-electron chi connectivity index (χ1n) is 10.1. The fraction of sp³-hybridized carbons (Fsp3) is 0.167. The molecule has 0 aliphatic rings. The number of fused-ring (bicyclic) bond motifs is 1. The number of hydrogen-bond donors (Lipinski definition) is 1. The normalized spacial score (nSPS) is 10.8. The number of hydrogen-bond acceptors (Lipinski definition) is 5. The summed E-state index contributed by atoms with van der Waals surface area (Å²) in [4.78, 5) is 43.1. The van der Waals surface area contributed by atoms with Gasteiger partial charge in [-0.25, -0.2) is 9.78 Å². The van der Waals surface area contributed by atoms with Gasteiger partial charge in [-0.2, -0.15) is 0 Å². The minimum Gasteiger partial charge on any atom is -0.497 e. The van der Waals surface area contributed by atoms with E-state index < -0.39 is 17.2 Å². The molecule has 32 heavy (non-hydrogen) atoms. The number of carbonyl (C=O) groups is 1. The van der Waals surface area contributed by atoms with Crippen molar-refractivity contribution >= 4 is 22.6 Å². The molecule has 1 N–H and O–H groups in total. The van der Waals surface area contributed by atoms with Crippen LogP contribution < -0.4 is 21.3 Å². The zero-order valence-electron chi connectivity index (χ0n) is 17.5. The molecule has 1 amide bonds. The maximum absolute atomic E-state index is 13.2. The predicted octanol–water partition coefficient (Wildman–Crippen LogP) is 2.45. The number of aromatic nitrogens is 3. The Bertz CT molecular complexity index is 1380. The van der Waals surface area contributed by atoms with E-state index in [1.165, 1.54) is 17.9 Å². The third kappa shape index (κ3) is 4.44. The first-order chi connectivity index (χ1) is 15.6. The Morgan fingerprint density at radius 2 is 1.81 bits per heavy atom. The minimum absolute atomic E-state index is 0.180. The average Bonchev–Trinajstić information content (AvgIpc) is 2.82. The highest BCUT2D eigenvalue weighted by Gasteiger charge is 2.16. The summed E-state index contributed by atoms with van der Waals surface area (Å²) in [5.41, 5.74) is 0.736. The fourth-order valence-electron chi connectivity index (χ4n) is 3.52. The number of nitrogens with one attached hydrogen (secondary N) is 1. The number of pyridine rings is 1. The van der Waals surface area contributed by atoms with E-state index in [4.69, 9.17) is 4.74 Å². The van der Waals surface area contributed by atoms with Gasteiger partial charge in [-0.05, 0) is 36.2 Å². The van der Waals surface area contributed by atoms with Gasteiger partial charge >= 0.3 is 5.69 Å². The molecular formula is C24H22N4O4. The second-order valence-corrected chi connectivity index (χ2v) is 7.22. The standard InChI is InChI=1S/C24H22N4O4/c1-32-19-10-5-9-18(15-19)26-21(29)16-28-22-20(11-6-13-25-22)23(30)27(24(28)31)14-12-17-7-3-2-4-8-17/h2-11,13,15H,12,14,16H2,1H3,(H,26,29). The molecule has 0 saturated carbocycles. The molecule has 0 atom stereocenters. The van der Waals surface area contributed by atoms with E-state index in [1.54, 1.807) is 36.4 Å². The first kappa shape index (κ1) is 21.0. The third-order valence-electron chi connectivity index (χ3n) is 5.10. The molecule has 0 aliphatic heterocycles. The predicted molar refractivity (Wildman–Crippen MR) is 122 cm³/mol. The van der Waals surface area contributed by atoms with Crippen molar-refractivity contribution in [2.45, 2.75) is 19.5 Å². The topological polar surface area (TPSA) is 95.2 Å². The zero-order valence-corrected chi connectivity index (χ0v) is 17.5. The van der Waals surface area contributed by atoms with Crippen LogP contribution in [-0.2, 0) is 24.3 Å². The highest BCUT2D eigenvalue weighted by molar-refractivity contribution is 5.91. The van der Waals surface area contributed by atoms with Crippen molar-refractivity contribution in [3.63, 3.8) is 0 Å². The van der Waals surface area contributed by atoms with Crippen molar-refractivity contribution in [3.8, 4) is 5.75 Å². The number of aryl methyl sites for hydroxylation is 1. The molecule has 2 heterocycles. The van der Waals surface area contributed by atoms with Crippen LogP contribution >= 0.6 is 0 Å². The Labute approximate surface area is 183 Å². The summed E-state index contributed by atoms with van der Waals surface area (Å²) in [6.45, 7) is -0.0841. The van der Waals surface area contributed by atoms with Crippen LogP contribution in [0.25, 0.3) is 11.0 Å². The lowest BCUT2D eigenvalue weighted by Gasteiger charge is -2.14. The van der Waals surface area contributed by atoms with Crippen LogP contribution in [0, 0.1) is 0 Å². The Hall–Kier alpha value is -4.20. The van der Waals surface area contributed by atoms with Crippen molar-refractivity contribution in [1.29, 1.82) is 0 Å². The van der Waals surface area contributed by atoms with E-state index in [9.17, 15) is 14.4 Å². The molecule has 8 heteroatoms. The summed E-state index contributed by atoms with van der Waals surface area (Å²) in [5, 5.41) is 3.04. The lowest BCUT2D eigenvalue weighted by atomic mass is 10.1. The maximum atomic E-state index is 13.2. The summed E-state index contributed by atoms with van der Waals surface area (Å²) in [6, 6.07) is 19.8. The second kappa shape index (κ2) is 9.30. The molecule has 0 spiro atoms. The Balaban J connectivity index is 1.67. The van der Waals surface area contributed by atoms with Gasteiger partial charge in [0.25, 0.3) is 5.56 Å². The van der Waals surface area contributed by atoms with E-state index in [0.29, 0.717) is 17.9 Å². The number of methoxy groups -OCH3 is 1. The summed E-state index contributed by atoms with van der Waals surface area (Å²) in [6.07, 6.45) is 2.00. The Morgan fingerprint density at radius 1 is 1.00 bits per heavy atom. The van der Waals surface area contributed by atoms with Crippen LogP contribution in [0.15, 0.2) is 82.5 Å². The van der Waals surface area contributed by atoms with E-state index >= 15 is 0 Å². The number of benzene rings is 2. The molecule has 0 unspecified atom stereocenters. The van der Waals surface area contributed by atoms with Crippen molar-refractivity contribution in [3.05, 3.63) is 99.3 Å². The van der Waals surface area contributed by atoms with Gasteiger partial charge in [-0.15, -0.1) is 0 Å². The molecule has 0 saturated heterocycles. The van der Waals surface area contributed by atoms with Crippen molar-refractivity contribution in [1.82, 2.24) is 14.1 Å². The van der Waals surface area contributed by atoms with Gasteiger partial charge in [0.1, 0.15) is 17.9 Å². The molecule has 4 aromatic rings. The van der Waals surface area contributed by atoms with Gasteiger partial charge in [0.15, 0.2) is 0 Å². The lowest BCUT2D eigenvalue weighted by Crippen LogP contribution is -2.42. The first-order valence-corrected chi connectivity index (χ1v) is 10.1. The molecule has 0 aliphatic carbocycles. The number of amides is 1. The molecule has 4 rings (SSSR count). The van der Waals surface area contributed by atoms with Gasteiger partial charge in [0.2, 0.25) is 5.91 Å². The lowest BCUT2D eigenvalue weighted by molar-refractivity contribution is -0.116. The van der Waals surface area contributed by atoms with Crippen LogP contribution in [-0.4, -0.2) is 27.1 Å². The second-order valence-electron chi connectivity index (χ2n) is 7.22. The van der Waals surface area contributed by atoms with Gasteiger partial charge in [0, 0.05) is 24.5 Å². The molecule has 0 radical (unpaired) electrons. The monoisotopic (exact) mass is 430 g/mol. The van der Waals surface area contributed by atoms with Crippen LogP contribution in [0.5, 0.6) is 5.75 Å². The van der Waals surface area contributed by atoms with Crippen LogP contribution in [0.3, 0.4) is 0 Å². The van der Waals surface area contributed by atoms with Gasteiger partial charge in [0.05, 0.1) is 12.5 Å². The third-order valence-corrected chi connectivity index (χ3v) is 5.10. The SMILES string of the molecule is COc1cccc(NC(=O)Cn2c(=O)n(CCc3ccccc3)c(=O)c3cccnc32)c1. The van der Waals surface area contributed by atoms with Crippen LogP contribution in [0.1, 0.15) is 5.56 Å². The number of rotatable bonds is 7. The number of carbonyl (C=O) groups excluding carboxylic acids is 1. The number of anilines is 1. The molecule has 162 valence electrons. The van der Waals surface area contributed by atoms with Gasteiger partial charge in [-0.1, -0.05) is 36.4 Å². The van der Waals surface area contributed by atoms with E-state index in [-0.39, 0.29) is 24.1 Å². The largest absolute Gasteiger partial charge is 0.497 e. The highest BCUT2D eigenvalue weighted by Crippen LogP contribution is 2.16. The van der Waals surface area contributed by atoms with Crippen molar-refractivity contribution < 1.29 is 9.53 Å². The summed E-state index contributed by atoms with van der Waals surface area (Å²) in [5.74, 6) is 0.183. The quantitative estimate of drug-likeness (QED) is 0.486. The molecule has 0 bridgehead atoms. The number of nitrogens with zero attached hydrogens (tertiary/aromatic N) is 3. The molecule has 0 fully saturated rings. The smallest absolute Gasteiger partial charge is 0.333 e.